The summed E-state index contributed by atoms with van der Waals surface area (Å²) in [6, 6.07) is 6.21. The van der Waals surface area contributed by atoms with Crippen molar-refractivity contribution in [3.63, 3.8) is 0 Å². The van der Waals surface area contributed by atoms with Gasteiger partial charge < -0.3 is 9.84 Å². The standard InChI is InChI=1S/C15H17N3O5/c1-2-3-13-12(15(17-16-13)23-9-14(19)20)8-10-4-6-11(7-5-10)18(21)22/h4-7H,2-3,8-9H2,1H3,(H,16,17)(H,19,20). The van der Waals surface area contributed by atoms with Gasteiger partial charge >= 0.3 is 5.97 Å². The summed E-state index contributed by atoms with van der Waals surface area (Å²) in [5.74, 6) is -0.819. The molecule has 0 aliphatic carbocycles. The van der Waals surface area contributed by atoms with Crippen LogP contribution in [0.1, 0.15) is 30.2 Å². The van der Waals surface area contributed by atoms with Crippen LogP contribution in [0.3, 0.4) is 0 Å². The van der Waals surface area contributed by atoms with Gasteiger partial charge in [-0.25, -0.2) is 4.79 Å². The molecule has 2 N–H and O–H groups in total. The number of nitro groups is 1. The van der Waals surface area contributed by atoms with Gasteiger partial charge in [0.15, 0.2) is 6.61 Å². The Kier molecular flexibility index (Phi) is 5.29. The van der Waals surface area contributed by atoms with Crippen LogP contribution in [0.15, 0.2) is 24.3 Å². The number of nitrogens with zero attached hydrogens (tertiary/aromatic N) is 2. The third-order valence-electron chi connectivity index (χ3n) is 3.28. The third kappa shape index (κ3) is 4.29. The Balaban J connectivity index is 2.23. The number of ether oxygens (including phenoxy) is 1. The highest BCUT2D eigenvalue weighted by molar-refractivity contribution is 5.68. The molecule has 0 fully saturated rings. The predicted octanol–water partition coefficient (Wildman–Crippen LogP) is 2.32. The van der Waals surface area contributed by atoms with Crippen molar-refractivity contribution in [2.24, 2.45) is 0 Å². The normalized spacial score (nSPS) is 10.5. The van der Waals surface area contributed by atoms with Crippen LogP contribution in [0.5, 0.6) is 5.88 Å². The van der Waals surface area contributed by atoms with Crippen molar-refractivity contribution in [2.75, 3.05) is 6.61 Å². The Morgan fingerprint density at radius 1 is 1.39 bits per heavy atom. The van der Waals surface area contributed by atoms with Gasteiger partial charge in [0.25, 0.3) is 5.69 Å². The molecule has 0 amide bonds. The number of benzene rings is 1. The van der Waals surface area contributed by atoms with Crippen molar-refractivity contribution < 1.29 is 19.6 Å². The second-order valence-electron chi connectivity index (χ2n) is 5.02. The maximum Gasteiger partial charge on any atom is 0.341 e. The first-order valence-corrected chi connectivity index (χ1v) is 7.15. The molecule has 0 saturated heterocycles. The van der Waals surface area contributed by atoms with E-state index in [-0.39, 0.29) is 11.6 Å². The highest BCUT2D eigenvalue weighted by atomic mass is 16.6. The van der Waals surface area contributed by atoms with E-state index in [1.54, 1.807) is 12.1 Å². The van der Waals surface area contributed by atoms with Crippen molar-refractivity contribution in [3.8, 4) is 5.88 Å². The first-order valence-electron chi connectivity index (χ1n) is 7.15. The zero-order valence-electron chi connectivity index (χ0n) is 12.6. The van der Waals surface area contributed by atoms with E-state index in [2.05, 4.69) is 10.2 Å². The van der Waals surface area contributed by atoms with Crippen LogP contribution in [-0.2, 0) is 17.6 Å². The molecule has 8 nitrogen and oxygen atoms in total. The highest BCUT2D eigenvalue weighted by Crippen LogP contribution is 2.25. The number of carboxylic acid groups (broad SMARTS) is 1. The highest BCUT2D eigenvalue weighted by Gasteiger charge is 2.16. The van der Waals surface area contributed by atoms with Crippen molar-refractivity contribution in [1.82, 2.24) is 10.2 Å². The number of hydrogen-bond donors (Lipinski definition) is 2. The lowest BCUT2D eigenvalue weighted by Gasteiger charge is -2.06. The summed E-state index contributed by atoms with van der Waals surface area (Å²) >= 11 is 0. The molecule has 2 rings (SSSR count). The van der Waals surface area contributed by atoms with Crippen LogP contribution in [0, 0.1) is 10.1 Å². The fourth-order valence-corrected chi connectivity index (χ4v) is 2.21. The van der Waals surface area contributed by atoms with Gasteiger partial charge in [-0.3, -0.25) is 15.2 Å². The summed E-state index contributed by atoms with van der Waals surface area (Å²) in [5, 5.41) is 26.3. The minimum atomic E-state index is -1.08. The van der Waals surface area contributed by atoms with E-state index in [9.17, 15) is 14.9 Å². The lowest BCUT2D eigenvalue weighted by Crippen LogP contribution is -2.10. The molecule has 0 bridgehead atoms. The second-order valence-corrected chi connectivity index (χ2v) is 5.02. The average molecular weight is 319 g/mol. The van der Waals surface area contributed by atoms with Crippen LogP contribution in [0.25, 0.3) is 0 Å². The molecule has 0 saturated carbocycles. The molecule has 1 heterocycles. The number of carboxylic acids is 1. The van der Waals surface area contributed by atoms with Crippen molar-refractivity contribution >= 4 is 11.7 Å². The van der Waals surface area contributed by atoms with Crippen molar-refractivity contribution in [3.05, 3.63) is 51.2 Å². The zero-order valence-corrected chi connectivity index (χ0v) is 12.6. The summed E-state index contributed by atoms with van der Waals surface area (Å²) < 4.78 is 5.21. The minimum absolute atomic E-state index is 0.0251. The minimum Gasteiger partial charge on any atom is -0.479 e. The van der Waals surface area contributed by atoms with E-state index in [1.807, 2.05) is 6.92 Å². The summed E-state index contributed by atoms with van der Waals surface area (Å²) in [4.78, 5) is 20.9. The Bertz CT molecular complexity index is 694. The summed E-state index contributed by atoms with van der Waals surface area (Å²) in [6.45, 7) is 1.55. The monoisotopic (exact) mass is 319 g/mol. The molecular formula is C15H17N3O5. The zero-order chi connectivity index (χ0) is 16.8. The topological polar surface area (TPSA) is 118 Å². The number of carbonyl (C=O) groups is 1. The summed E-state index contributed by atoms with van der Waals surface area (Å²) in [5.41, 5.74) is 2.54. The molecule has 8 heteroatoms. The number of aromatic amines is 1. The molecule has 0 spiro atoms. The molecular weight excluding hydrogens is 302 g/mol. The number of H-pyrrole nitrogens is 1. The lowest BCUT2D eigenvalue weighted by atomic mass is 10.0. The van der Waals surface area contributed by atoms with Crippen LogP contribution < -0.4 is 4.74 Å². The van der Waals surface area contributed by atoms with Crippen LogP contribution in [0.4, 0.5) is 5.69 Å². The number of non-ortho nitro benzene ring substituents is 1. The largest absolute Gasteiger partial charge is 0.479 e. The number of nitrogens with one attached hydrogen (secondary N) is 1. The Morgan fingerprint density at radius 3 is 2.65 bits per heavy atom. The molecule has 1 aromatic carbocycles. The van der Waals surface area contributed by atoms with E-state index in [0.717, 1.165) is 29.7 Å². The van der Waals surface area contributed by atoms with E-state index in [0.29, 0.717) is 6.42 Å². The number of rotatable bonds is 8. The van der Waals surface area contributed by atoms with E-state index >= 15 is 0 Å². The van der Waals surface area contributed by atoms with Gasteiger partial charge in [0, 0.05) is 29.8 Å². The Hall–Kier alpha value is -2.90. The average Bonchev–Trinajstić information content (AvgIpc) is 2.88. The molecule has 2 aromatic rings. The third-order valence-corrected chi connectivity index (χ3v) is 3.28. The van der Waals surface area contributed by atoms with Gasteiger partial charge in [-0.1, -0.05) is 25.5 Å². The molecule has 23 heavy (non-hydrogen) atoms. The van der Waals surface area contributed by atoms with Gasteiger partial charge in [0.1, 0.15) is 0 Å². The molecule has 0 aliphatic heterocycles. The first kappa shape index (κ1) is 16.5. The smallest absolute Gasteiger partial charge is 0.341 e. The fraction of sp³-hybridized carbons (Fsp3) is 0.333. The second kappa shape index (κ2) is 7.39. The molecule has 1 aromatic heterocycles. The number of hydrogen-bond acceptors (Lipinski definition) is 5. The number of nitro benzene ring substituents is 1. The number of aliphatic carboxylic acids is 1. The van der Waals surface area contributed by atoms with Gasteiger partial charge in [0.2, 0.25) is 5.88 Å². The van der Waals surface area contributed by atoms with Gasteiger partial charge in [-0.2, -0.15) is 0 Å². The number of aryl methyl sites for hydroxylation is 1. The molecule has 0 unspecified atom stereocenters. The molecule has 122 valence electrons. The van der Waals surface area contributed by atoms with Crippen LogP contribution in [0.2, 0.25) is 0 Å². The molecule has 0 aliphatic rings. The molecule has 0 atom stereocenters. The fourth-order valence-electron chi connectivity index (χ4n) is 2.21. The quantitative estimate of drug-likeness (QED) is 0.569. The van der Waals surface area contributed by atoms with E-state index in [1.165, 1.54) is 12.1 Å². The lowest BCUT2D eigenvalue weighted by molar-refractivity contribution is -0.384. The number of aromatic nitrogens is 2. The van der Waals surface area contributed by atoms with E-state index in [4.69, 9.17) is 9.84 Å². The predicted molar refractivity (Wildman–Crippen MR) is 81.6 cm³/mol. The first-order chi connectivity index (χ1) is 11.0. The molecule has 0 radical (unpaired) electrons. The maximum absolute atomic E-state index is 10.7. The Morgan fingerprint density at radius 2 is 2.09 bits per heavy atom. The Labute approximate surface area is 132 Å². The SMILES string of the molecule is CCCc1[nH]nc(OCC(=O)O)c1Cc1ccc([N+](=O)[O-])cc1. The van der Waals surface area contributed by atoms with Gasteiger partial charge in [-0.15, -0.1) is 5.10 Å². The van der Waals surface area contributed by atoms with Crippen LogP contribution >= 0.6 is 0 Å². The summed E-state index contributed by atoms with van der Waals surface area (Å²) in [6.07, 6.45) is 2.11. The van der Waals surface area contributed by atoms with Crippen molar-refractivity contribution in [2.45, 2.75) is 26.2 Å². The maximum atomic E-state index is 10.7. The van der Waals surface area contributed by atoms with Gasteiger partial charge in [-0.05, 0) is 12.0 Å². The summed E-state index contributed by atoms with van der Waals surface area (Å²) in [7, 11) is 0. The van der Waals surface area contributed by atoms with Crippen molar-refractivity contribution in [1.29, 1.82) is 0 Å². The van der Waals surface area contributed by atoms with E-state index < -0.39 is 17.5 Å². The van der Waals surface area contributed by atoms with Gasteiger partial charge in [0.05, 0.1) is 4.92 Å². The van der Waals surface area contributed by atoms with Crippen LogP contribution in [-0.4, -0.2) is 32.8 Å².